The Morgan fingerprint density at radius 1 is 1.12 bits per heavy atom. The third-order valence-corrected chi connectivity index (χ3v) is 5.84. The van der Waals surface area contributed by atoms with Crippen LogP contribution >= 0.6 is 0 Å². The molecule has 1 aromatic carbocycles. The Morgan fingerprint density at radius 3 is 2.56 bits per heavy atom. The van der Waals surface area contributed by atoms with Crippen LogP contribution in [0.15, 0.2) is 42.7 Å². The first-order valence-electron chi connectivity index (χ1n) is 10.7. The van der Waals surface area contributed by atoms with E-state index in [4.69, 9.17) is 15.2 Å². The average molecular weight is 428 g/mol. The lowest BCUT2D eigenvalue weighted by molar-refractivity contribution is 0.122. The van der Waals surface area contributed by atoms with E-state index in [2.05, 4.69) is 25.9 Å². The van der Waals surface area contributed by atoms with Crippen molar-refractivity contribution in [2.75, 3.05) is 31.2 Å². The van der Waals surface area contributed by atoms with Crippen LogP contribution in [0.2, 0.25) is 0 Å². The zero-order valence-electron chi connectivity index (χ0n) is 17.9. The van der Waals surface area contributed by atoms with Crippen molar-refractivity contribution in [3.8, 4) is 29.0 Å². The minimum absolute atomic E-state index is 0.285. The van der Waals surface area contributed by atoms with E-state index in [0.717, 1.165) is 43.0 Å². The molecule has 2 aromatic heterocycles. The molecule has 32 heavy (non-hydrogen) atoms. The molecular weight excluding hydrogens is 404 g/mol. The van der Waals surface area contributed by atoms with Gasteiger partial charge in [0.05, 0.1) is 30.4 Å². The van der Waals surface area contributed by atoms with Gasteiger partial charge in [-0.3, -0.25) is 0 Å². The molecular formula is C24H24N6O2. The van der Waals surface area contributed by atoms with Crippen molar-refractivity contribution in [1.82, 2.24) is 15.0 Å². The summed E-state index contributed by atoms with van der Waals surface area (Å²) in [6.07, 6.45) is 5.47. The van der Waals surface area contributed by atoms with Crippen LogP contribution in [-0.2, 0) is 10.3 Å². The van der Waals surface area contributed by atoms with Crippen molar-refractivity contribution in [2.24, 2.45) is 5.73 Å². The Labute approximate surface area is 186 Å². The Balaban J connectivity index is 1.48. The minimum Gasteiger partial charge on any atom is -0.456 e. The molecule has 1 saturated heterocycles. The number of hydrogen-bond acceptors (Lipinski definition) is 8. The molecule has 8 nitrogen and oxygen atoms in total. The fourth-order valence-corrected chi connectivity index (χ4v) is 3.77. The summed E-state index contributed by atoms with van der Waals surface area (Å²) in [5, 5.41) is 9.40. The maximum atomic E-state index is 9.40. The quantitative estimate of drug-likeness (QED) is 0.659. The van der Waals surface area contributed by atoms with Gasteiger partial charge in [-0.1, -0.05) is 0 Å². The zero-order chi connectivity index (χ0) is 22.1. The summed E-state index contributed by atoms with van der Waals surface area (Å²) in [6, 6.07) is 11.2. The molecule has 1 aliphatic carbocycles. The van der Waals surface area contributed by atoms with Crippen molar-refractivity contribution >= 4 is 5.82 Å². The maximum absolute atomic E-state index is 9.40. The molecule has 2 aliphatic rings. The lowest BCUT2D eigenvalue weighted by atomic mass is 10.1. The highest BCUT2D eigenvalue weighted by atomic mass is 16.5. The molecule has 1 aliphatic heterocycles. The van der Waals surface area contributed by atoms with E-state index in [-0.39, 0.29) is 5.54 Å². The third-order valence-electron chi connectivity index (χ3n) is 5.84. The number of morpholine rings is 1. The van der Waals surface area contributed by atoms with Crippen LogP contribution in [0, 0.1) is 18.3 Å². The number of aryl methyl sites for hydroxylation is 1. The molecule has 0 amide bonds. The average Bonchev–Trinajstić information content (AvgIpc) is 3.58. The largest absolute Gasteiger partial charge is 0.456 e. The van der Waals surface area contributed by atoms with Gasteiger partial charge in [-0.15, -0.1) is 0 Å². The summed E-state index contributed by atoms with van der Waals surface area (Å²) in [5.74, 6) is 2.53. The van der Waals surface area contributed by atoms with Gasteiger partial charge in [-0.25, -0.2) is 15.0 Å². The van der Waals surface area contributed by atoms with Crippen molar-refractivity contribution in [3.05, 3.63) is 59.5 Å². The summed E-state index contributed by atoms with van der Waals surface area (Å²) in [5.41, 5.74) is 8.97. The Kier molecular flexibility index (Phi) is 5.21. The van der Waals surface area contributed by atoms with E-state index >= 15 is 0 Å². The number of hydrogen-bond donors (Lipinski definition) is 1. The number of anilines is 1. The first kappa shape index (κ1) is 20.4. The molecule has 2 N–H and O–H groups in total. The van der Waals surface area contributed by atoms with E-state index in [1.807, 2.05) is 25.1 Å². The Morgan fingerprint density at radius 2 is 1.88 bits per heavy atom. The van der Waals surface area contributed by atoms with Crippen LogP contribution in [0.1, 0.15) is 29.7 Å². The zero-order valence-corrected chi connectivity index (χ0v) is 17.9. The molecule has 3 heterocycles. The second-order valence-corrected chi connectivity index (χ2v) is 8.28. The summed E-state index contributed by atoms with van der Waals surface area (Å²) in [4.78, 5) is 15.9. The van der Waals surface area contributed by atoms with Gasteiger partial charge in [0.1, 0.15) is 17.3 Å². The highest BCUT2D eigenvalue weighted by Gasteiger charge is 2.40. The predicted molar refractivity (Wildman–Crippen MR) is 119 cm³/mol. The van der Waals surface area contributed by atoms with Crippen LogP contribution in [0.3, 0.4) is 0 Å². The van der Waals surface area contributed by atoms with Crippen molar-refractivity contribution in [2.45, 2.75) is 25.3 Å². The van der Waals surface area contributed by atoms with E-state index in [1.165, 1.54) is 0 Å². The number of benzene rings is 1. The fraction of sp³-hybridized carbons (Fsp3) is 0.333. The molecule has 3 aromatic rings. The van der Waals surface area contributed by atoms with Crippen LogP contribution < -0.4 is 15.4 Å². The SMILES string of the molecule is Cc1cc(Oc2cc(C#N)ccc2-c2ncc(C3(N)CC3)cn2)cc(N2CCOCC2)n1. The number of nitrogens with zero attached hydrogens (tertiary/aromatic N) is 5. The summed E-state index contributed by atoms with van der Waals surface area (Å²) in [7, 11) is 0. The molecule has 8 heteroatoms. The molecule has 0 bridgehead atoms. The molecule has 0 spiro atoms. The molecule has 1 saturated carbocycles. The third kappa shape index (κ3) is 4.13. The molecule has 5 rings (SSSR count). The molecule has 0 atom stereocenters. The number of pyridine rings is 1. The number of rotatable bonds is 5. The number of ether oxygens (including phenoxy) is 2. The van der Waals surface area contributed by atoms with Gasteiger partial charge >= 0.3 is 0 Å². The fourth-order valence-electron chi connectivity index (χ4n) is 3.77. The number of nitrogens with two attached hydrogens (primary N) is 1. The van der Waals surface area contributed by atoms with Crippen molar-refractivity contribution in [1.29, 1.82) is 5.26 Å². The smallest absolute Gasteiger partial charge is 0.162 e. The lowest BCUT2D eigenvalue weighted by Crippen LogP contribution is -2.36. The van der Waals surface area contributed by atoms with Gasteiger partial charge in [0.15, 0.2) is 5.82 Å². The van der Waals surface area contributed by atoms with Gasteiger partial charge in [-0.05, 0) is 38.0 Å². The van der Waals surface area contributed by atoms with Gasteiger partial charge in [0.25, 0.3) is 0 Å². The topological polar surface area (TPSA) is 110 Å². The predicted octanol–water partition coefficient (Wildman–Crippen LogP) is 3.30. The Hall–Kier alpha value is -3.54. The standard InChI is InChI=1S/C24H24N6O2/c1-16-10-19(12-22(29-16)30-6-8-31-9-7-30)32-21-11-17(13-25)2-3-20(21)23-27-14-18(15-28-23)24(26)4-5-24/h2-3,10-12,14-15H,4-9,26H2,1H3. The normalized spacial score (nSPS) is 17.0. The monoisotopic (exact) mass is 428 g/mol. The van der Waals surface area contributed by atoms with Gasteiger partial charge in [0, 0.05) is 54.4 Å². The van der Waals surface area contributed by atoms with Gasteiger partial charge < -0.3 is 20.1 Å². The maximum Gasteiger partial charge on any atom is 0.162 e. The van der Waals surface area contributed by atoms with Crippen LogP contribution in [-0.4, -0.2) is 41.3 Å². The highest BCUT2D eigenvalue weighted by molar-refractivity contribution is 5.67. The van der Waals surface area contributed by atoms with Crippen LogP contribution in [0.25, 0.3) is 11.4 Å². The second-order valence-electron chi connectivity index (χ2n) is 8.28. The molecule has 0 radical (unpaired) electrons. The van der Waals surface area contributed by atoms with Crippen LogP contribution in [0.5, 0.6) is 11.5 Å². The van der Waals surface area contributed by atoms with E-state index in [9.17, 15) is 5.26 Å². The lowest BCUT2D eigenvalue weighted by Gasteiger charge is -2.28. The van der Waals surface area contributed by atoms with Crippen molar-refractivity contribution < 1.29 is 9.47 Å². The van der Waals surface area contributed by atoms with Crippen molar-refractivity contribution in [3.63, 3.8) is 0 Å². The molecule has 0 unspecified atom stereocenters. The summed E-state index contributed by atoms with van der Waals surface area (Å²) in [6.45, 7) is 4.86. The van der Waals surface area contributed by atoms with E-state index in [1.54, 1.807) is 24.5 Å². The summed E-state index contributed by atoms with van der Waals surface area (Å²) < 4.78 is 11.7. The first-order chi connectivity index (χ1) is 15.5. The molecule has 2 fully saturated rings. The Bertz CT molecular complexity index is 1180. The minimum atomic E-state index is -0.285. The van der Waals surface area contributed by atoms with E-state index in [0.29, 0.717) is 41.7 Å². The first-order valence-corrected chi connectivity index (χ1v) is 10.7. The number of nitriles is 1. The van der Waals surface area contributed by atoms with Gasteiger partial charge in [0.2, 0.25) is 0 Å². The second kappa shape index (κ2) is 8.19. The van der Waals surface area contributed by atoms with Gasteiger partial charge in [-0.2, -0.15) is 5.26 Å². The van der Waals surface area contributed by atoms with Crippen LogP contribution in [0.4, 0.5) is 5.82 Å². The molecule has 162 valence electrons. The van der Waals surface area contributed by atoms with E-state index < -0.39 is 0 Å². The summed E-state index contributed by atoms with van der Waals surface area (Å²) >= 11 is 0. The highest BCUT2D eigenvalue weighted by Crippen LogP contribution is 2.42. The number of aromatic nitrogens is 3.